The van der Waals surface area contributed by atoms with Gasteiger partial charge in [0.2, 0.25) is 10.0 Å². The number of aryl methyl sites for hydroxylation is 1. The molecule has 1 aromatic carbocycles. The summed E-state index contributed by atoms with van der Waals surface area (Å²) in [4.78, 5) is 2.28. The van der Waals surface area contributed by atoms with E-state index >= 15 is 0 Å². The lowest BCUT2D eigenvalue weighted by atomic mass is 9.97. The van der Waals surface area contributed by atoms with Crippen molar-refractivity contribution in [1.82, 2.24) is 9.62 Å². The molecule has 1 fully saturated rings. The molecule has 0 saturated carbocycles. The number of halogens is 1. The van der Waals surface area contributed by atoms with Crippen LogP contribution in [0.5, 0.6) is 0 Å². The van der Waals surface area contributed by atoms with Gasteiger partial charge in [-0.05, 0) is 62.0 Å². The number of sulfonamides is 1. The number of hydrogen-bond acceptors (Lipinski definition) is 4. The summed E-state index contributed by atoms with van der Waals surface area (Å²) in [5, 5.41) is 0. The van der Waals surface area contributed by atoms with Crippen molar-refractivity contribution in [3.63, 3.8) is 0 Å². The van der Waals surface area contributed by atoms with Crippen LogP contribution in [0.25, 0.3) is 0 Å². The van der Waals surface area contributed by atoms with Crippen molar-refractivity contribution in [2.45, 2.75) is 32.2 Å². The summed E-state index contributed by atoms with van der Waals surface area (Å²) in [6, 6.07) is 9.85. The average Bonchev–Trinajstić information content (AvgIpc) is 3.17. The van der Waals surface area contributed by atoms with E-state index in [1.807, 2.05) is 12.1 Å². The first-order valence-electron chi connectivity index (χ1n) is 9.43. The Morgan fingerprint density at radius 1 is 1.22 bits per heavy atom. The molecule has 0 spiro atoms. The second kappa shape index (κ2) is 8.99. The fraction of sp³-hybridized carbons (Fsp3) is 0.500. The molecular weight excluding hydrogens is 367 g/mol. The minimum absolute atomic E-state index is 0.129. The molecule has 0 radical (unpaired) electrons. The number of likely N-dealkylation sites (tertiary alicyclic amines) is 1. The van der Waals surface area contributed by atoms with E-state index in [1.165, 1.54) is 6.07 Å². The van der Waals surface area contributed by atoms with Crippen LogP contribution in [0.4, 0.5) is 4.39 Å². The zero-order valence-corrected chi connectivity index (χ0v) is 16.4. The molecule has 0 aliphatic carbocycles. The Kier molecular flexibility index (Phi) is 6.68. The Hall–Kier alpha value is -1.70. The molecule has 2 aromatic rings. The summed E-state index contributed by atoms with van der Waals surface area (Å²) in [6.07, 6.45) is 3.95. The number of rotatable bonds is 8. The fourth-order valence-electron chi connectivity index (χ4n) is 3.45. The molecule has 1 aromatic heterocycles. The molecule has 1 N–H and O–H groups in total. The smallest absolute Gasteiger partial charge is 0.211 e. The highest BCUT2D eigenvalue weighted by molar-refractivity contribution is 7.89. The Balaban J connectivity index is 1.61. The summed E-state index contributed by atoms with van der Waals surface area (Å²) in [5.41, 5.74) is 0.412. The third-order valence-electron chi connectivity index (χ3n) is 5.23. The minimum Gasteiger partial charge on any atom is -0.468 e. The molecule has 7 heteroatoms. The normalized spacial score (nSPS) is 17.9. The Morgan fingerprint density at radius 3 is 2.63 bits per heavy atom. The van der Waals surface area contributed by atoms with Crippen molar-refractivity contribution < 1.29 is 17.2 Å². The number of piperidine rings is 1. The first-order chi connectivity index (χ1) is 12.9. The monoisotopic (exact) mass is 394 g/mol. The zero-order chi connectivity index (χ0) is 19.3. The first-order valence-corrected chi connectivity index (χ1v) is 11.1. The van der Waals surface area contributed by atoms with Gasteiger partial charge in [-0.3, -0.25) is 4.90 Å². The summed E-state index contributed by atoms with van der Waals surface area (Å²) in [6.45, 7) is 4.33. The molecule has 1 aliphatic rings. The van der Waals surface area contributed by atoms with Gasteiger partial charge in [-0.1, -0.05) is 25.1 Å². The second-order valence-corrected chi connectivity index (χ2v) is 9.18. The SMILES string of the molecule is CC1CCN(C(CNS(=O)(=O)CCc2ccccc2F)c2ccco2)CC1. The standard InChI is InChI=1S/C20H27FN2O3S/c1-16-8-11-23(12-9-16)19(20-7-4-13-26-20)15-22-27(24,25)14-10-17-5-2-3-6-18(17)21/h2-7,13,16,19,22H,8-12,14-15H2,1H3. The van der Waals surface area contributed by atoms with Crippen molar-refractivity contribution in [2.24, 2.45) is 5.92 Å². The number of hydrogen-bond donors (Lipinski definition) is 1. The van der Waals surface area contributed by atoms with Gasteiger partial charge in [-0.2, -0.15) is 0 Å². The van der Waals surface area contributed by atoms with E-state index in [0.717, 1.165) is 31.7 Å². The van der Waals surface area contributed by atoms with Gasteiger partial charge in [0.05, 0.1) is 18.1 Å². The molecule has 148 valence electrons. The quantitative estimate of drug-likeness (QED) is 0.746. The van der Waals surface area contributed by atoms with Gasteiger partial charge in [-0.25, -0.2) is 17.5 Å². The third-order valence-corrected chi connectivity index (χ3v) is 6.57. The highest BCUT2D eigenvalue weighted by atomic mass is 32.2. The lowest BCUT2D eigenvalue weighted by Gasteiger charge is -2.35. The highest BCUT2D eigenvalue weighted by Gasteiger charge is 2.27. The van der Waals surface area contributed by atoms with Gasteiger partial charge < -0.3 is 4.42 Å². The maximum absolute atomic E-state index is 13.7. The van der Waals surface area contributed by atoms with Crippen LogP contribution < -0.4 is 4.72 Å². The number of benzene rings is 1. The lowest BCUT2D eigenvalue weighted by Crippen LogP contribution is -2.42. The number of nitrogens with one attached hydrogen (secondary N) is 1. The van der Waals surface area contributed by atoms with E-state index in [2.05, 4.69) is 16.5 Å². The summed E-state index contributed by atoms with van der Waals surface area (Å²) in [7, 11) is -3.52. The van der Waals surface area contributed by atoms with Gasteiger partial charge in [0.25, 0.3) is 0 Å². The Morgan fingerprint density at radius 2 is 1.96 bits per heavy atom. The maximum Gasteiger partial charge on any atom is 0.211 e. The van der Waals surface area contributed by atoms with Gasteiger partial charge >= 0.3 is 0 Å². The first kappa shape index (κ1) is 20.0. The molecule has 3 rings (SSSR count). The summed E-state index contributed by atoms with van der Waals surface area (Å²) in [5.74, 6) is 0.941. The van der Waals surface area contributed by atoms with Crippen LogP contribution in [0.1, 0.15) is 37.1 Å². The van der Waals surface area contributed by atoms with Crippen LogP contribution in [0.2, 0.25) is 0 Å². The van der Waals surface area contributed by atoms with Crippen molar-refractivity contribution in [1.29, 1.82) is 0 Å². The van der Waals surface area contributed by atoms with Gasteiger partial charge in [0, 0.05) is 6.54 Å². The molecule has 1 saturated heterocycles. The topological polar surface area (TPSA) is 62.6 Å². The van der Waals surface area contributed by atoms with Gasteiger partial charge in [0.15, 0.2) is 0 Å². The van der Waals surface area contributed by atoms with Crippen LogP contribution in [-0.2, 0) is 16.4 Å². The largest absolute Gasteiger partial charge is 0.468 e. The Bertz CT molecular complexity index is 816. The molecule has 1 aliphatic heterocycles. The molecule has 1 atom stereocenters. The van der Waals surface area contributed by atoms with Crippen molar-refractivity contribution >= 4 is 10.0 Å². The predicted molar refractivity (Wildman–Crippen MR) is 103 cm³/mol. The fourth-order valence-corrected chi connectivity index (χ4v) is 4.50. The summed E-state index contributed by atoms with van der Waals surface area (Å²) < 4.78 is 46.8. The number of furan rings is 1. The molecule has 0 bridgehead atoms. The summed E-state index contributed by atoms with van der Waals surface area (Å²) >= 11 is 0. The molecular formula is C20H27FN2O3S. The van der Waals surface area contributed by atoms with E-state index in [0.29, 0.717) is 11.5 Å². The van der Waals surface area contributed by atoms with Crippen LogP contribution in [0.15, 0.2) is 47.1 Å². The average molecular weight is 395 g/mol. The molecule has 0 amide bonds. The van der Waals surface area contributed by atoms with Crippen molar-refractivity contribution in [3.8, 4) is 0 Å². The van der Waals surface area contributed by atoms with E-state index < -0.39 is 10.0 Å². The molecule has 1 unspecified atom stereocenters. The molecule has 27 heavy (non-hydrogen) atoms. The predicted octanol–water partition coefficient (Wildman–Crippen LogP) is 3.35. The third kappa shape index (κ3) is 5.64. The highest BCUT2D eigenvalue weighted by Crippen LogP contribution is 2.26. The van der Waals surface area contributed by atoms with Crippen LogP contribution in [-0.4, -0.2) is 38.7 Å². The van der Waals surface area contributed by atoms with Gasteiger partial charge in [-0.15, -0.1) is 0 Å². The zero-order valence-electron chi connectivity index (χ0n) is 15.6. The minimum atomic E-state index is -3.52. The van der Waals surface area contributed by atoms with E-state index in [4.69, 9.17) is 4.42 Å². The lowest BCUT2D eigenvalue weighted by molar-refractivity contribution is 0.125. The second-order valence-electron chi connectivity index (χ2n) is 7.26. The maximum atomic E-state index is 13.7. The van der Waals surface area contributed by atoms with Crippen LogP contribution in [0.3, 0.4) is 0 Å². The molecule has 5 nitrogen and oxygen atoms in total. The van der Waals surface area contributed by atoms with E-state index in [1.54, 1.807) is 24.5 Å². The Labute approximate surface area is 160 Å². The van der Waals surface area contributed by atoms with Crippen molar-refractivity contribution in [2.75, 3.05) is 25.4 Å². The van der Waals surface area contributed by atoms with Crippen molar-refractivity contribution in [3.05, 3.63) is 59.8 Å². The number of nitrogens with zero attached hydrogens (tertiary/aromatic N) is 1. The van der Waals surface area contributed by atoms with E-state index in [9.17, 15) is 12.8 Å². The molecule has 2 heterocycles. The van der Waals surface area contributed by atoms with Gasteiger partial charge in [0.1, 0.15) is 11.6 Å². The van der Waals surface area contributed by atoms with Crippen LogP contribution in [0, 0.1) is 11.7 Å². The van der Waals surface area contributed by atoms with Crippen LogP contribution >= 0.6 is 0 Å². The van der Waals surface area contributed by atoms with E-state index in [-0.39, 0.29) is 30.6 Å².